The highest BCUT2D eigenvalue weighted by molar-refractivity contribution is 9.10. The third-order valence-electron chi connectivity index (χ3n) is 3.18. The lowest BCUT2D eigenvalue weighted by Gasteiger charge is -2.37. The van der Waals surface area contributed by atoms with Gasteiger partial charge in [0.05, 0.1) is 10.1 Å². The van der Waals surface area contributed by atoms with Crippen LogP contribution in [0.15, 0.2) is 33.6 Å². The number of halogens is 1. The van der Waals surface area contributed by atoms with Crippen molar-refractivity contribution in [2.24, 2.45) is 0 Å². The van der Waals surface area contributed by atoms with Gasteiger partial charge in [-0.05, 0) is 28.1 Å². The molecule has 2 rings (SSSR count). The second-order valence-corrected chi connectivity index (χ2v) is 9.66. The van der Waals surface area contributed by atoms with E-state index in [0.29, 0.717) is 4.47 Å². The van der Waals surface area contributed by atoms with Gasteiger partial charge in [0, 0.05) is 23.3 Å². The Bertz CT molecular complexity index is 678. The van der Waals surface area contributed by atoms with E-state index in [1.54, 1.807) is 25.1 Å². The van der Waals surface area contributed by atoms with Gasteiger partial charge in [-0.2, -0.15) is 4.31 Å². The van der Waals surface area contributed by atoms with Crippen molar-refractivity contribution in [2.45, 2.75) is 17.1 Å². The fourth-order valence-corrected chi connectivity index (χ4v) is 5.82. The number of hydrogen-bond acceptors (Lipinski definition) is 4. The summed E-state index contributed by atoms with van der Waals surface area (Å²) in [6.07, 6.45) is 0. The van der Waals surface area contributed by atoms with Crippen molar-refractivity contribution in [3.63, 3.8) is 0 Å². The summed E-state index contributed by atoms with van der Waals surface area (Å²) in [7, 11) is -6.78. The molecule has 19 heavy (non-hydrogen) atoms. The lowest BCUT2D eigenvalue weighted by Crippen LogP contribution is -2.57. The van der Waals surface area contributed by atoms with E-state index in [1.165, 1.54) is 10.4 Å². The fraction of sp³-hybridized carbons (Fsp3) is 0.455. The third-order valence-corrected chi connectivity index (χ3v) is 8.14. The quantitative estimate of drug-likeness (QED) is 0.802. The molecule has 0 radical (unpaired) electrons. The molecule has 1 heterocycles. The van der Waals surface area contributed by atoms with Crippen molar-refractivity contribution in [2.75, 3.05) is 18.8 Å². The van der Waals surface area contributed by atoms with Crippen molar-refractivity contribution >= 4 is 35.8 Å². The Balaban J connectivity index is 2.20. The van der Waals surface area contributed by atoms with Gasteiger partial charge in [-0.1, -0.05) is 19.1 Å². The Labute approximate surface area is 121 Å². The Morgan fingerprint density at radius 2 is 1.79 bits per heavy atom. The number of sulfone groups is 1. The largest absolute Gasteiger partial charge is 0.244 e. The summed E-state index contributed by atoms with van der Waals surface area (Å²) in [6.45, 7) is 1.65. The van der Waals surface area contributed by atoms with Crippen molar-refractivity contribution in [3.8, 4) is 0 Å². The zero-order chi connectivity index (χ0) is 14.3. The molecule has 1 aromatic carbocycles. The molecule has 0 spiro atoms. The molecule has 5 nitrogen and oxygen atoms in total. The summed E-state index contributed by atoms with van der Waals surface area (Å²) in [5.74, 6) is 0.0422. The highest BCUT2D eigenvalue weighted by Crippen LogP contribution is 2.29. The summed E-state index contributed by atoms with van der Waals surface area (Å²) in [5.41, 5.74) is 0. The first kappa shape index (κ1) is 15.0. The first-order chi connectivity index (χ1) is 8.79. The van der Waals surface area contributed by atoms with Crippen LogP contribution in [0.2, 0.25) is 0 Å². The maximum Gasteiger partial charge on any atom is 0.244 e. The van der Waals surface area contributed by atoms with E-state index in [1.807, 2.05) is 0 Å². The minimum atomic E-state index is -3.61. The van der Waals surface area contributed by atoms with E-state index < -0.39 is 25.1 Å². The molecule has 1 saturated heterocycles. The molecule has 1 aromatic rings. The molecule has 0 bridgehead atoms. The normalized spacial score (nSPS) is 18.2. The summed E-state index contributed by atoms with van der Waals surface area (Å²) < 4.78 is 49.5. The SMILES string of the molecule is CCS(=O)(=O)C1CN(S(=O)(=O)c2ccccc2Br)C1. The predicted molar refractivity (Wildman–Crippen MR) is 76.1 cm³/mol. The first-order valence-electron chi connectivity index (χ1n) is 5.75. The maximum atomic E-state index is 12.3. The topological polar surface area (TPSA) is 71.5 Å². The van der Waals surface area contributed by atoms with E-state index in [2.05, 4.69) is 15.9 Å². The van der Waals surface area contributed by atoms with Crippen molar-refractivity contribution in [1.82, 2.24) is 4.31 Å². The van der Waals surface area contributed by atoms with Crippen molar-refractivity contribution in [1.29, 1.82) is 0 Å². The van der Waals surface area contributed by atoms with E-state index in [0.717, 1.165) is 0 Å². The molecule has 1 aliphatic heterocycles. The summed E-state index contributed by atoms with van der Waals surface area (Å²) in [5, 5.41) is -0.574. The maximum absolute atomic E-state index is 12.3. The second-order valence-electron chi connectivity index (χ2n) is 4.33. The molecule has 0 aromatic heterocycles. The van der Waals surface area contributed by atoms with Gasteiger partial charge in [0.1, 0.15) is 0 Å². The van der Waals surface area contributed by atoms with Gasteiger partial charge in [-0.25, -0.2) is 16.8 Å². The van der Waals surface area contributed by atoms with E-state index >= 15 is 0 Å². The van der Waals surface area contributed by atoms with Crippen molar-refractivity contribution < 1.29 is 16.8 Å². The van der Waals surface area contributed by atoms with Gasteiger partial charge in [-0.3, -0.25) is 0 Å². The van der Waals surface area contributed by atoms with Gasteiger partial charge >= 0.3 is 0 Å². The number of sulfonamides is 1. The van der Waals surface area contributed by atoms with Crippen LogP contribution in [0.1, 0.15) is 6.92 Å². The van der Waals surface area contributed by atoms with Crippen LogP contribution in [0.25, 0.3) is 0 Å². The molecule has 0 saturated carbocycles. The summed E-state index contributed by atoms with van der Waals surface area (Å²) in [6, 6.07) is 6.51. The molecule has 106 valence electrons. The van der Waals surface area contributed by atoms with Crippen LogP contribution in [0.5, 0.6) is 0 Å². The minimum absolute atomic E-state index is 0.0415. The van der Waals surface area contributed by atoms with Gasteiger partial charge in [0.15, 0.2) is 9.84 Å². The van der Waals surface area contributed by atoms with Crippen LogP contribution in [-0.4, -0.2) is 45.2 Å². The number of hydrogen-bond donors (Lipinski definition) is 0. The molecular formula is C11H14BrNO4S2. The Hall–Kier alpha value is -0.440. The van der Waals surface area contributed by atoms with E-state index in [-0.39, 0.29) is 23.7 Å². The molecule has 0 aliphatic carbocycles. The zero-order valence-corrected chi connectivity index (χ0v) is 13.5. The zero-order valence-electron chi connectivity index (χ0n) is 10.3. The number of rotatable bonds is 4. The van der Waals surface area contributed by atoms with E-state index in [9.17, 15) is 16.8 Å². The average molecular weight is 368 g/mol. The van der Waals surface area contributed by atoms with Crippen LogP contribution >= 0.6 is 15.9 Å². The second kappa shape index (κ2) is 5.16. The van der Waals surface area contributed by atoms with E-state index in [4.69, 9.17) is 0 Å². The molecular weight excluding hydrogens is 354 g/mol. The third kappa shape index (κ3) is 2.72. The smallest absolute Gasteiger partial charge is 0.228 e. The first-order valence-corrected chi connectivity index (χ1v) is 9.70. The lowest BCUT2D eigenvalue weighted by atomic mass is 10.3. The van der Waals surface area contributed by atoms with Crippen LogP contribution in [-0.2, 0) is 19.9 Å². The highest BCUT2D eigenvalue weighted by Gasteiger charge is 2.43. The molecule has 0 unspecified atom stereocenters. The molecule has 0 N–H and O–H groups in total. The monoisotopic (exact) mass is 367 g/mol. The molecule has 8 heteroatoms. The van der Waals surface area contributed by atoms with Crippen LogP contribution in [0.3, 0.4) is 0 Å². The van der Waals surface area contributed by atoms with Gasteiger partial charge in [-0.15, -0.1) is 0 Å². The van der Waals surface area contributed by atoms with Gasteiger partial charge < -0.3 is 0 Å². The fourth-order valence-electron chi connectivity index (χ4n) is 1.85. The van der Waals surface area contributed by atoms with Crippen LogP contribution < -0.4 is 0 Å². The standard InChI is InChI=1S/C11H14BrNO4S2/c1-2-18(14,15)9-7-13(8-9)19(16,17)11-6-4-3-5-10(11)12/h3-6,9H,2,7-8H2,1H3. The van der Waals surface area contributed by atoms with Crippen LogP contribution in [0.4, 0.5) is 0 Å². The average Bonchev–Trinajstić information content (AvgIpc) is 2.26. The molecule has 0 atom stereocenters. The Kier molecular flexibility index (Phi) is 4.06. The lowest BCUT2D eigenvalue weighted by molar-refractivity contribution is 0.309. The molecule has 1 fully saturated rings. The number of nitrogens with zero attached hydrogens (tertiary/aromatic N) is 1. The number of benzene rings is 1. The Morgan fingerprint density at radius 3 is 2.32 bits per heavy atom. The van der Waals surface area contributed by atoms with Gasteiger partial charge in [0.25, 0.3) is 0 Å². The van der Waals surface area contributed by atoms with Crippen molar-refractivity contribution in [3.05, 3.63) is 28.7 Å². The Morgan fingerprint density at radius 1 is 1.21 bits per heavy atom. The van der Waals surface area contributed by atoms with Crippen LogP contribution in [0, 0.1) is 0 Å². The van der Waals surface area contributed by atoms with Gasteiger partial charge in [0.2, 0.25) is 10.0 Å². The molecule has 1 aliphatic rings. The predicted octanol–water partition coefficient (Wildman–Crippen LogP) is 1.26. The highest BCUT2D eigenvalue weighted by atomic mass is 79.9. The summed E-state index contributed by atoms with van der Waals surface area (Å²) in [4.78, 5) is 0.169. The minimum Gasteiger partial charge on any atom is -0.228 e. The summed E-state index contributed by atoms with van der Waals surface area (Å²) >= 11 is 3.20. The molecule has 0 amide bonds.